The molecule has 2 aliphatic heterocycles. The molecular formula is C29H17N5O2. The third-order valence-corrected chi connectivity index (χ3v) is 6.35. The van der Waals surface area contributed by atoms with Crippen LogP contribution in [-0.2, 0) is 9.59 Å². The van der Waals surface area contributed by atoms with Gasteiger partial charge in [0.25, 0.3) is 11.8 Å². The van der Waals surface area contributed by atoms with Crippen LogP contribution in [0.15, 0.2) is 101 Å². The van der Waals surface area contributed by atoms with E-state index in [1.807, 2.05) is 84.9 Å². The number of carbonyl (C=O) groups is 2. The first kappa shape index (κ1) is 20.2. The normalized spacial score (nSPS) is 16.4. The number of para-hydroxylation sites is 2. The Morgan fingerprint density at radius 1 is 0.556 bits per heavy atom. The minimum absolute atomic E-state index is 0.218. The lowest BCUT2D eigenvalue weighted by molar-refractivity contribution is -0.110. The smallest absolute Gasteiger partial charge is 0.275 e. The second kappa shape index (κ2) is 7.68. The van der Waals surface area contributed by atoms with E-state index in [9.17, 15) is 9.59 Å². The highest BCUT2D eigenvalue weighted by atomic mass is 16.2. The van der Waals surface area contributed by atoms with Gasteiger partial charge in [-0.2, -0.15) is 0 Å². The molecule has 0 atom stereocenters. The highest BCUT2D eigenvalue weighted by molar-refractivity contribution is 6.54. The van der Waals surface area contributed by atoms with E-state index in [1.165, 1.54) is 0 Å². The summed E-state index contributed by atoms with van der Waals surface area (Å²) >= 11 is 0. The van der Waals surface area contributed by atoms with Crippen LogP contribution in [-0.4, -0.2) is 28.2 Å². The molecule has 0 unspecified atom stereocenters. The number of nitrogens with zero attached hydrogens (tertiary/aromatic N) is 3. The summed E-state index contributed by atoms with van der Waals surface area (Å²) in [5, 5.41) is 7.62. The van der Waals surface area contributed by atoms with E-state index in [4.69, 9.17) is 4.98 Å². The van der Waals surface area contributed by atoms with E-state index >= 15 is 0 Å². The first-order valence-corrected chi connectivity index (χ1v) is 11.5. The molecule has 0 saturated carbocycles. The largest absolute Gasteiger partial charge is 0.320 e. The van der Waals surface area contributed by atoms with Crippen molar-refractivity contribution in [1.82, 2.24) is 4.98 Å². The summed E-state index contributed by atoms with van der Waals surface area (Å²) in [6.45, 7) is 0. The third kappa shape index (κ3) is 3.25. The van der Waals surface area contributed by atoms with Gasteiger partial charge in [0.1, 0.15) is 11.4 Å². The Balaban J connectivity index is 1.30. The maximum absolute atomic E-state index is 12.5. The monoisotopic (exact) mass is 467 g/mol. The number of carbonyl (C=O) groups excluding carboxylic acids is 2. The molecule has 36 heavy (non-hydrogen) atoms. The Kier molecular flexibility index (Phi) is 4.31. The van der Waals surface area contributed by atoms with Crippen molar-refractivity contribution in [2.45, 2.75) is 0 Å². The molecule has 7 nitrogen and oxygen atoms in total. The van der Waals surface area contributed by atoms with Crippen molar-refractivity contribution >= 4 is 67.8 Å². The lowest BCUT2D eigenvalue weighted by Crippen LogP contribution is -2.13. The maximum Gasteiger partial charge on any atom is 0.275 e. The fourth-order valence-corrected chi connectivity index (χ4v) is 4.62. The summed E-state index contributed by atoms with van der Waals surface area (Å²) in [5.41, 5.74) is 6.68. The zero-order valence-electron chi connectivity index (χ0n) is 18.8. The summed E-state index contributed by atoms with van der Waals surface area (Å²) < 4.78 is 0. The molecule has 0 radical (unpaired) electrons. The molecule has 5 aromatic rings. The number of anilines is 2. The molecule has 3 heterocycles. The Bertz CT molecular complexity index is 1710. The van der Waals surface area contributed by atoms with Gasteiger partial charge in [-0.25, -0.2) is 15.0 Å². The molecule has 170 valence electrons. The predicted molar refractivity (Wildman–Crippen MR) is 142 cm³/mol. The highest BCUT2D eigenvalue weighted by Crippen LogP contribution is 2.30. The number of fused-ring (bicyclic) bond motifs is 4. The van der Waals surface area contributed by atoms with Gasteiger partial charge in [-0.15, -0.1) is 0 Å². The van der Waals surface area contributed by atoms with Crippen LogP contribution in [0, 0.1) is 0 Å². The Labute approximate surface area is 205 Å². The van der Waals surface area contributed by atoms with Crippen molar-refractivity contribution in [3.63, 3.8) is 0 Å². The summed E-state index contributed by atoms with van der Waals surface area (Å²) in [6.07, 6.45) is 0. The Morgan fingerprint density at radius 2 is 1.03 bits per heavy atom. The number of nitrogens with one attached hydrogen (secondary N) is 2. The quantitative estimate of drug-likeness (QED) is 0.334. The zero-order chi connectivity index (χ0) is 24.2. The van der Waals surface area contributed by atoms with Crippen LogP contribution in [0.1, 0.15) is 11.1 Å². The lowest BCUT2D eigenvalue weighted by atomic mass is 10.1. The molecule has 1 aromatic heterocycles. The molecule has 4 aromatic carbocycles. The van der Waals surface area contributed by atoms with E-state index in [0.717, 1.165) is 44.3 Å². The number of aromatic nitrogens is 1. The molecule has 0 aliphatic carbocycles. The summed E-state index contributed by atoms with van der Waals surface area (Å²) in [4.78, 5) is 39.0. The summed E-state index contributed by atoms with van der Waals surface area (Å²) in [5.74, 6) is -0.437. The number of hydrogen-bond acceptors (Lipinski definition) is 5. The van der Waals surface area contributed by atoms with Crippen LogP contribution in [0.3, 0.4) is 0 Å². The van der Waals surface area contributed by atoms with Crippen LogP contribution in [0.2, 0.25) is 0 Å². The predicted octanol–water partition coefficient (Wildman–Crippen LogP) is 5.53. The Hall–Kier alpha value is -5.17. The molecule has 0 saturated heterocycles. The number of aliphatic imine (C=N–C) groups is 2. The Morgan fingerprint density at radius 3 is 1.53 bits per heavy atom. The van der Waals surface area contributed by atoms with Gasteiger partial charge in [0.05, 0.1) is 33.8 Å². The molecule has 7 heteroatoms. The average molecular weight is 467 g/mol. The van der Waals surface area contributed by atoms with Gasteiger partial charge in [-0.05, 0) is 42.5 Å². The van der Waals surface area contributed by atoms with Crippen LogP contribution in [0.25, 0.3) is 21.8 Å². The number of hydrogen-bond donors (Lipinski definition) is 2. The van der Waals surface area contributed by atoms with E-state index in [-0.39, 0.29) is 11.8 Å². The van der Waals surface area contributed by atoms with Crippen molar-refractivity contribution < 1.29 is 9.59 Å². The fourth-order valence-electron chi connectivity index (χ4n) is 4.62. The molecule has 0 spiro atoms. The lowest BCUT2D eigenvalue weighted by Gasteiger charge is -2.05. The number of benzene rings is 4. The second-order valence-electron chi connectivity index (χ2n) is 8.66. The standard InChI is InChI=1S/C29H17N5O2/c35-28-26(20-5-1-3-7-22(20)33-28)30-18-11-9-16-13-17-10-12-19(15-25(17)32-24(16)14-18)31-27-21-6-2-4-8-23(21)34-29(27)36/h1-15H,(H,30,33,35)(H,31,34,36). The summed E-state index contributed by atoms with van der Waals surface area (Å²) in [6, 6.07) is 28.5. The van der Waals surface area contributed by atoms with Gasteiger partial charge >= 0.3 is 0 Å². The molecule has 0 fully saturated rings. The van der Waals surface area contributed by atoms with Gasteiger partial charge in [-0.3, -0.25) is 9.59 Å². The third-order valence-electron chi connectivity index (χ3n) is 6.35. The highest BCUT2D eigenvalue weighted by Gasteiger charge is 2.26. The van der Waals surface area contributed by atoms with Crippen molar-refractivity contribution in [3.05, 3.63) is 102 Å². The minimum Gasteiger partial charge on any atom is -0.320 e. The minimum atomic E-state index is -0.218. The van der Waals surface area contributed by atoms with Crippen LogP contribution in [0.4, 0.5) is 22.7 Å². The first-order valence-electron chi connectivity index (χ1n) is 11.5. The van der Waals surface area contributed by atoms with Gasteiger partial charge in [0.2, 0.25) is 0 Å². The second-order valence-corrected chi connectivity index (χ2v) is 8.66. The van der Waals surface area contributed by atoms with Gasteiger partial charge < -0.3 is 10.6 Å². The fraction of sp³-hybridized carbons (Fsp3) is 0. The van der Waals surface area contributed by atoms with E-state index in [0.29, 0.717) is 22.8 Å². The molecule has 2 amide bonds. The number of pyridine rings is 1. The molecular weight excluding hydrogens is 450 g/mol. The topological polar surface area (TPSA) is 95.8 Å². The maximum atomic E-state index is 12.5. The molecule has 2 aliphatic rings. The molecule has 7 rings (SSSR count). The van der Waals surface area contributed by atoms with Crippen molar-refractivity contribution in [1.29, 1.82) is 0 Å². The van der Waals surface area contributed by atoms with Crippen LogP contribution >= 0.6 is 0 Å². The van der Waals surface area contributed by atoms with Crippen molar-refractivity contribution in [3.8, 4) is 0 Å². The first-order chi connectivity index (χ1) is 17.6. The van der Waals surface area contributed by atoms with Gasteiger partial charge in [0.15, 0.2) is 0 Å². The van der Waals surface area contributed by atoms with E-state index in [1.54, 1.807) is 0 Å². The summed E-state index contributed by atoms with van der Waals surface area (Å²) in [7, 11) is 0. The van der Waals surface area contributed by atoms with Gasteiger partial charge in [-0.1, -0.05) is 48.5 Å². The SMILES string of the molecule is O=C1Nc2ccccc2C1=Nc1ccc2cc3ccc(N=C4C(=O)Nc5ccccc54)cc3nc2c1. The zero-order valence-corrected chi connectivity index (χ0v) is 18.8. The van der Waals surface area contributed by atoms with E-state index in [2.05, 4.69) is 26.7 Å². The van der Waals surface area contributed by atoms with Crippen molar-refractivity contribution in [2.24, 2.45) is 9.98 Å². The molecule has 0 bridgehead atoms. The van der Waals surface area contributed by atoms with Gasteiger partial charge in [0, 0.05) is 21.9 Å². The van der Waals surface area contributed by atoms with Crippen LogP contribution in [0.5, 0.6) is 0 Å². The van der Waals surface area contributed by atoms with E-state index < -0.39 is 0 Å². The van der Waals surface area contributed by atoms with Crippen molar-refractivity contribution in [2.75, 3.05) is 10.6 Å². The van der Waals surface area contributed by atoms with Crippen LogP contribution < -0.4 is 10.6 Å². The average Bonchev–Trinajstić information content (AvgIpc) is 3.38. The molecule has 2 N–H and O–H groups in total. The number of rotatable bonds is 2. The number of amides is 2.